The number of hydrogen-bond acceptors (Lipinski definition) is 5. The van der Waals surface area contributed by atoms with E-state index in [0.717, 1.165) is 11.4 Å². The van der Waals surface area contributed by atoms with Crippen LogP contribution >= 0.6 is 0 Å². The van der Waals surface area contributed by atoms with E-state index in [1.54, 1.807) is 12.1 Å². The van der Waals surface area contributed by atoms with Gasteiger partial charge in [-0.2, -0.15) is 0 Å². The highest BCUT2D eigenvalue weighted by atomic mass is 16.3. The lowest BCUT2D eigenvalue weighted by Gasteiger charge is -2.20. The Morgan fingerprint density at radius 3 is 1.90 bits per heavy atom. The lowest BCUT2D eigenvalue weighted by atomic mass is 10.1. The van der Waals surface area contributed by atoms with Crippen molar-refractivity contribution in [1.29, 1.82) is 0 Å². The van der Waals surface area contributed by atoms with Gasteiger partial charge < -0.3 is 31.1 Å². The highest BCUT2D eigenvalue weighted by Crippen LogP contribution is 2.25. The highest BCUT2D eigenvalue weighted by molar-refractivity contribution is 5.95. The summed E-state index contributed by atoms with van der Waals surface area (Å²) in [7, 11) is 1.90. The molecule has 29 heavy (non-hydrogen) atoms. The molecular weight excluding hydrogens is 372 g/mol. The molecule has 0 unspecified atom stereocenters. The van der Waals surface area contributed by atoms with Crippen molar-refractivity contribution >= 4 is 29.0 Å². The summed E-state index contributed by atoms with van der Waals surface area (Å²) in [5, 5.41) is 26.2. The molecule has 3 amide bonds. The molecule has 0 saturated carbocycles. The van der Waals surface area contributed by atoms with Crippen LogP contribution in [0.15, 0.2) is 48.5 Å². The summed E-state index contributed by atoms with van der Waals surface area (Å²) in [6.07, 6.45) is 0. The van der Waals surface area contributed by atoms with Crippen LogP contribution in [-0.2, 0) is 0 Å². The Hall–Kier alpha value is -3.10. The number of nitrogens with zero attached hydrogens (tertiary/aromatic N) is 1. The second-order valence-electron chi connectivity index (χ2n) is 6.94. The second-order valence-corrected chi connectivity index (χ2v) is 6.94. The molecule has 0 fully saturated rings. The zero-order chi connectivity index (χ0) is 21.4. The summed E-state index contributed by atoms with van der Waals surface area (Å²) >= 11 is 0. The van der Waals surface area contributed by atoms with E-state index in [4.69, 9.17) is 10.2 Å². The van der Waals surface area contributed by atoms with Gasteiger partial charge in [0, 0.05) is 35.7 Å². The van der Waals surface area contributed by atoms with E-state index in [1.165, 1.54) is 0 Å². The molecule has 8 heteroatoms. The van der Waals surface area contributed by atoms with Crippen LogP contribution in [0, 0.1) is 0 Å². The summed E-state index contributed by atoms with van der Waals surface area (Å²) in [5.41, 5.74) is 2.91. The van der Waals surface area contributed by atoms with E-state index < -0.39 is 6.04 Å². The Labute approximate surface area is 170 Å². The number of hydrogen-bond donors (Lipinski definition) is 5. The third-order valence-corrected chi connectivity index (χ3v) is 4.23. The van der Waals surface area contributed by atoms with Crippen LogP contribution in [0.3, 0.4) is 0 Å². The molecule has 156 valence electrons. The normalized spacial score (nSPS) is 10.7. The Morgan fingerprint density at radius 1 is 0.897 bits per heavy atom. The van der Waals surface area contributed by atoms with E-state index in [2.05, 4.69) is 16.0 Å². The van der Waals surface area contributed by atoms with Gasteiger partial charge in [0.05, 0.1) is 19.3 Å². The van der Waals surface area contributed by atoms with Crippen molar-refractivity contribution in [3.8, 4) is 0 Å². The molecule has 2 aromatic carbocycles. The average molecular weight is 400 g/mol. The zero-order valence-corrected chi connectivity index (χ0v) is 16.8. The van der Waals surface area contributed by atoms with Crippen LogP contribution in [0.25, 0.3) is 0 Å². The van der Waals surface area contributed by atoms with Gasteiger partial charge in [-0.05, 0) is 62.4 Å². The number of anilines is 3. The van der Waals surface area contributed by atoms with E-state index in [-0.39, 0.29) is 31.2 Å². The molecule has 0 atom stereocenters. The summed E-state index contributed by atoms with van der Waals surface area (Å²) < 4.78 is 0. The van der Waals surface area contributed by atoms with Crippen molar-refractivity contribution in [2.45, 2.75) is 25.9 Å². The van der Waals surface area contributed by atoms with Crippen molar-refractivity contribution in [2.24, 2.45) is 0 Å². The van der Waals surface area contributed by atoms with E-state index in [1.807, 2.05) is 62.2 Å². The molecule has 0 aromatic heterocycles. The minimum atomic E-state index is -0.681. The van der Waals surface area contributed by atoms with Gasteiger partial charge in [-0.15, -0.1) is 0 Å². The predicted octanol–water partition coefficient (Wildman–Crippen LogP) is 2.07. The van der Waals surface area contributed by atoms with Crippen molar-refractivity contribution in [2.75, 3.05) is 30.5 Å². The van der Waals surface area contributed by atoms with Gasteiger partial charge in [0.25, 0.3) is 5.91 Å². The zero-order valence-electron chi connectivity index (χ0n) is 16.8. The summed E-state index contributed by atoms with van der Waals surface area (Å²) in [5.74, 6) is -0.359. The Kier molecular flexibility index (Phi) is 7.99. The third kappa shape index (κ3) is 6.48. The fourth-order valence-electron chi connectivity index (χ4n) is 2.60. The van der Waals surface area contributed by atoms with Crippen molar-refractivity contribution < 1.29 is 19.8 Å². The lowest BCUT2D eigenvalue weighted by molar-refractivity contribution is 0.0879. The molecule has 0 saturated heterocycles. The van der Waals surface area contributed by atoms with Gasteiger partial charge >= 0.3 is 6.03 Å². The number of aliphatic hydroxyl groups is 2. The molecule has 0 bridgehead atoms. The minimum Gasteiger partial charge on any atom is -0.394 e. The van der Waals surface area contributed by atoms with Gasteiger partial charge in [0.2, 0.25) is 0 Å². The maximum absolute atomic E-state index is 12.1. The van der Waals surface area contributed by atoms with E-state index >= 15 is 0 Å². The van der Waals surface area contributed by atoms with E-state index in [9.17, 15) is 9.59 Å². The number of rotatable bonds is 8. The summed E-state index contributed by atoms with van der Waals surface area (Å²) in [6.45, 7) is 3.13. The number of aliphatic hydroxyl groups excluding tert-OH is 2. The SMILES string of the molecule is CC(C)NC(=O)Nc1ccc(N(C)c2ccc(C(=O)NC(CO)CO)cc2)cc1. The quantitative estimate of drug-likeness (QED) is 0.465. The smallest absolute Gasteiger partial charge is 0.319 e. The standard InChI is InChI=1S/C21H28N4O4/c1-14(2)22-21(29)24-16-6-10-19(11-7-16)25(3)18-8-4-15(5-9-18)20(28)23-17(12-26)13-27/h4-11,14,17,26-27H,12-13H2,1-3H3,(H,23,28)(H2,22,24,29). The number of amides is 3. The predicted molar refractivity (Wildman–Crippen MR) is 114 cm³/mol. The largest absolute Gasteiger partial charge is 0.394 e. The topological polar surface area (TPSA) is 114 Å². The summed E-state index contributed by atoms with van der Waals surface area (Å²) in [6, 6.07) is 13.5. The Balaban J connectivity index is 2.02. The maximum atomic E-state index is 12.1. The molecule has 0 spiro atoms. The van der Waals surface area contributed by atoms with Gasteiger partial charge in [-0.1, -0.05) is 0 Å². The molecule has 0 aliphatic carbocycles. The molecule has 5 N–H and O–H groups in total. The minimum absolute atomic E-state index is 0.0589. The van der Waals surface area contributed by atoms with Gasteiger partial charge in [0.15, 0.2) is 0 Å². The third-order valence-electron chi connectivity index (χ3n) is 4.23. The first-order valence-electron chi connectivity index (χ1n) is 9.38. The van der Waals surface area contributed by atoms with Crippen molar-refractivity contribution in [3.63, 3.8) is 0 Å². The van der Waals surface area contributed by atoms with Crippen LogP contribution < -0.4 is 20.9 Å². The van der Waals surface area contributed by atoms with Gasteiger partial charge in [-0.3, -0.25) is 4.79 Å². The van der Waals surface area contributed by atoms with Crippen LogP contribution in [0.1, 0.15) is 24.2 Å². The number of benzene rings is 2. The van der Waals surface area contributed by atoms with Crippen LogP contribution in [0.4, 0.5) is 21.9 Å². The number of carbonyl (C=O) groups excluding carboxylic acids is 2. The fourth-order valence-corrected chi connectivity index (χ4v) is 2.60. The summed E-state index contributed by atoms with van der Waals surface area (Å²) in [4.78, 5) is 25.8. The first-order chi connectivity index (χ1) is 13.8. The molecule has 0 radical (unpaired) electrons. The molecule has 0 aliphatic heterocycles. The van der Waals surface area contributed by atoms with Crippen LogP contribution in [-0.4, -0.2) is 54.5 Å². The number of nitrogens with one attached hydrogen (secondary N) is 3. The lowest BCUT2D eigenvalue weighted by Crippen LogP contribution is -2.40. The van der Waals surface area contributed by atoms with E-state index in [0.29, 0.717) is 11.3 Å². The molecular formula is C21H28N4O4. The Morgan fingerprint density at radius 2 is 1.41 bits per heavy atom. The number of urea groups is 1. The second kappa shape index (κ2) is 10.4. The number of carbonyl (C=O) groups is 2. The first-order valence-corrected chi connectivity index (χ1v) is 9.38. The van der Waals surface area contributed by atoms with Crippen molar-refractivity contribution in [1.82, 2.24) is 10.6 Å². The average Bonchev–Trinajstić information content (AvgIpc) is 2.71. The molecule has 2 rings (SSSR count). The Bertz CT molecular complexity index is 802. The maximum Gasteiger partial charge on any atom is 0.319 e. The van der Waals surface area contributed by atoms with Gasteiger partial charge in [0.1, 0.15) is 0 Å². The van der Waals surface area contributed by atoms with Crippen molar-refractivity contribution in [3.05, 3.63) is 54.1 Å². The first kappa shape index (κ1) is 22.2. The fraction of sp³-hybridized carbons (Fsp3) is 0.333. The molecule has 2 aromatic rings. The van der Waals surface area contributed by atoms with Crippen LogP contribution in [0.2, 0.25) is 0 Å². The molecule has 0 aliphatic rings. The molecule has 8 nitrogen and oxygen atoms in total. The monoisotopic (exact) mass is 400 g/mol. The molecule has 0 heterocycles. The van der Waals surface area contributed by atoms with Gasteiger partial charge in [-0.25, -0.2) is 4.79 Å². The van der Waals surface area contributed by atoms with Crippen LogP contribution in [0.5, 0.6) is 0 Å². The highest BCUT2D eigenvalue weighted by Gasteiger charge is 2.13.